The normalized spacial score (nSPS) is 17.4. The number of rotatable bonds is 5. The molecule has 0 bridgehead atoms. The van der Waals surface area contributed by atoms with Crippen LogP contribution in [0, 0.1) is 0 Å². The molecule has 1 aromatic carbocycles. The zero-order chi connectivity index (χ0) is 24.0. The molecule has 5 rings (SSSR count). The van der Waals surface area contributed by atoms with Gasteiger partial charge in [0.1, 0.15) is 11.5 Å². The molecule has 0 N–H and O–H groups in total. The van der Waals surface area contributed by atoms with Gasteiger partial charge in [-0.2, -0.15) is 5.10 Å². The van der Waals surface area contributed by atoms with E-state index in [-0.39, 0.29) is 11.2 Å². The van der Waals surface area contributed by atoms with E-state index in [2.05, 4.69) is 60.1 Å². The van der Waals surface area contributed by atoms with Crippen LogP contribution in [0.1, 0.15) is 60.2 Å². The quantitative estimate of drug-likeness (QED) is 0.544. The first-order valence-corrected chi connectivity index (χ1v) is 12.2. The average Bonchev–Trinajstić information content (AvgIpc) is 3.18. The first-order valence-electron chi connectivity index (χ1n) is 12.2. The Morgan fingerprint density at radius 1 is 1.06 bits per heavy atom. The van der Waals surface area contributed by atoms with Crippen molar-refractivity contribution >= 4 is 11.5 Å². The van der Waals surface area contributed by atoms with Crippen LogP contribution in [-0.4, -0.2) is 63.7 Å². The van der Waals surface area contributed by atoms with E-state index in [1.807, 2.05) is 24.9 Å². The Kier molecular flexibility index (Phi) is 5.76. The van der Waals surface area contributed by atoms with E-state index in [9.17, 15) is 4.79 Å². The summed E-state index contributed by atoms with van der Waals surface area (Å²) in [6, 6.07) is 8.80. The zero-order valence-corrected chi connectivity index (χ0v) is 20.9. The predicted octanol–water partition coefficient (Wildman–Crippen LogP) is 3.65. The third-order valence-electron chi connectivity index (χ3n) is 7.25. The van der Waals surface area contributed by atoms with Crippen molar-refractivity contribution in [3.63, 3.8) is 0 Å². The van der Waals surface area contributed by atoms with Crippen molar-refractivity contribution in [3.8, 4) is 11.4 Å². The summed E-state index contributed by atoms with van der Waals surface area (Å²) < 4.78 is 1.83. The first kappa shape index (κ1) is 22.7. The second-order valence-electron chi connectivity index (χ2n) is 10.3. The molecule has 0 spiro atoms. The summed E-state index contributed by atoms with van der Waals surface area (Å²) >= 11 is 0. The van der Waals surface area contributed by atoms with Gasteiger partial charge >= 0.3 is 0 Å². The summed E-state index contributed by atoms with van der Waals surface area (Å²) in [6.45, 7) is 10.6. The second kappa shape index (κ2) is 8.62. The molecule has 0 atom stereocenters. The van der Waals surface area contributed by atoms with Crippen molar-refractivity contribution in [1.29, 1.82) is 0 Å². The fourth-order valence-corrected chi connectivity index (χ4v) is 5.30. The summed E-state index contributed by atoms with van der Waals surface area (Å²) in [6.07, 6.45) is 3.89. The molecule has 2 aliphatic rings. The molecule has 3 aromatic rings. The van der Waals surface area contributed by atoms with Crippen molar-refractivity contribution in [2.24, 2.45) is 7.05 Å². The predicted molar refractivity (Wildman–Crippen MR) is 135 cm³/mol. The minimum atomic E-state index is -0.194. The second-order valence-corrected chi connectivity index (χ2v) is 10.3. The molecule has 2 aromatic heterocycles. The number of nitrogens with zero attached hydrogens (tertiary/aromatic N) is 6. The molecule has 0 saturated carbocycles. The third-order valence-corrected chi connectivity index (χ3v) is 7.25. The van der Waals surface area contributed by atoms with Gasteiger partial charge in [-0.25, -0.2) is 9.97 Å². The Hall–Kier alpha value is -3.06. The monoisotopic (exact) mass is 458 g/mol. The Labute approximate surface area is 201 Å². The number of fused-ring (bicyclic) bond motifs is 3. The van der Waals surface area contributed by atoms with E-state index in [1.54, 1.807) is 0 Å². The van der Waals surface area contributed by atoms with Gasteiger partial charge in [-0.15, -0.1) is 0 Å². The van der Waals surface area contributed by atoms with E-state index in [1.165, 1.54) is 11.3 Å². The van der Waals surface area contributed by atoms with Crippen molar-refractivity contribution in [1.82, 2.24) is 24.6 Å². The number of Topliss-reactive ketones (excluding diaryl/α,β-unsaturated/α-hetero) is 1. The van der Waals surface area contributed by atoms with E-state index < -0.39 is 0 Å². The van der Waals surface area contributed by atoms with Crippen molar-refractivity contribution in [3.05, 3.63) is 58.7 Å². The van der Waals surface area contributed by atoms with Crippen LogP contribution in [0.15, 0.2) is 30.5 Å². The number of likely N-dealkylation sites (N-methyl/N-ethyl adjacent to an activating group) is 1. The highest BCUT2D eigenvalue weighted by atomic mass is 16.1. The molecule has 7 nitrogen and oxygen atoms in total. The van der Waals surface area contributed by atoms with Crippen LogP contribution in [0.4, 0.5) is 5.69 Å². The Morgan fingerprint density at radius 2 is 1.76 bits per heavy atom. The number of ketones is 1. The van der Waals surface area contributed by atoms with Crippen LogP contribution in [0.2, 0.25) is 0 Å². The van der Waals surface area contributed by atoms with Crippen molar-refractivity contribution in [2.75, 3.05) is 38.1 Å². The molecule has 178 valence electrons. The van der Waals surface area contributed by atoms with Gasteiger partial charge in [-0.3, -0.25) is 9.48 Å². The molecule has 1 aliphatic carbocycles. The van der Waals surface area contributed by atoms with Crippen molar-refractivity contribution in [2.45, 2.75) is 45.4 Å². The lowest BCUT2D eigenvalue weighted by molar-refractivity contribution is 0.0980. The van der Waals surface area contributed by atoms with Gasteiger partial charge in [0, 0.05) is 63.5 Å². The van der Waals surface area contributed by atoms with E-state index in [4.69, 9.17) is 9.97 Å². The van der Waals surface area contributed by atoms with Gasteiger partial charge in [0.2, 0.25) is 0 Å². The van der Waals surface area contributed by atoms with Crippen LogP contribution in [0.5, 0.6) is 0 Å². The summed E-state index contributed by atoms with van der Waals surface area (Å²) in [4.78, 5) is 27.2. The summed E-state index contributed by atoms with van der Waals surface area (Å²) in [5, 5.41) is 4.63. The SMILES string of the molecule is CCC(=O)c1nn(C)c2c1C(C)(C)Cc1cnc(Cc3ccc(N4CCN(C)CC4)cc3)nc1-2. The fourth-order valence-electron chi connectivity index (χ4n) is 5.30. The Bertz CT molecular complexity index is 1220. The number of aromatic nitrogens is 4. The van der Waals surface area contributed by atoms with Crippen molar-refractivity contribution < 1.29 is 4.79 Å². The maximum absolute atomic E-state index is 12.7. The number of carbonyl (C=O) groups excluding carboxylic acids is 1. The maximum Gasteiger partial charge on any atom is 0.183 e. The zero-order valence-electron chi connectivity index (χ0n) is 20.9. The average molecular weight is 459 g/mol. The maximum atomic E-state index is 12.7. The van der Waals surface area contributed by atoms with Crippen LogP contribution < -0.4 is 4.90 Å². The van der Waals surface area contributed by atoms with E-state index >= 15 is 0 Å². The van der Waals surface area contributed by atoms with Gasteiger partial charge in [0.15, 0.2) is 5.78 Å². The van der Waals surface area contributed by atoms with E-state index in [0.29, 0.717) is 18.5 Å². The summed E-state index contributed by atoms with van der Waals surface area (Å²) in [5.41, 5.74) is 6.88. The van der Waals surface area contributed by atoms with E-state index in [0.717, 1.165) is 60.9 Å². The molecule has 1 aliphatic heterocycles. The smallest absolute Gasteiger partial charge is 0.183 e. The van der Waals surface area contributed by atoms with Gasteiger partial charge in [0.25, 0.3) is 0 Å². The number of hydrogen-bond acceptors (Lipinski definition) is 6. The molecule has 1 saturated heterocycles. The molecule has 34 heavy (non-hydrogen) atoms. The topological polar surface area (TPSA) is 67.2 Å². The first-order chi connectivity index (χ1) is 16.3. The van der Waals surface area contributed by atoms with Crippen LogP contribution in [0.25, 0.3) is 11.4 Å². The molecule has 7 heteroatoms. The van der Waals surface area contributed by atoms with Gasteiger partial charge in [-0.05, 0) is 42.1 Å². The summed E-state index contributed by atoms with van der Waals surface area (Å²) in [7, 11) is 4.09. The highest BCUT2D eigenvalue weighted by molar-refractivity contribution is 5.98. The molecule has 3 heterocycles. The highest BCUT2D eigenvalue weighted by Crippen LogP contribution is 2.43. The lowest BCUT2D eigenvalue weighted by Crippen LogP contribution is -2.44. The van der Waals surface area contributed by atoms with Crippen LogP contribution in [0.3, 0.4) is 0 Å². The minimum Gasteiger partial charge on any atom is -0.369 e. The lowest BCUT2D eigenvalue weighted by atomic mass is 9.72. The Morgan fingerprint density at radius 3 is 2.44 bits per heavy atom. The number of anilines is 1. The standard InChI is InChI=1S/C27H34N6O/c1-6-21(34)25-23-26(32(5)30-25)24-19(16-27(23,2)3)17-28-22(29-24)15-18-7-9-20(10-8-18)33-13-11-31(4)12-14-33/h7-10,17H,6,11-16H2,1-5H3. The molecule has 1 fully saturated rings. The Balaban J connectivity index is 1.43. The van der Waals surface area contributed by atoms with Crippen LogP contribution in [-0.2, 0) is 25.3 Å². The number of carbonyl (C=O) groups is 1. The molecule has 0 unspecified atom stereocenters. The number of piperazine rings is 1. The number of benzene rings is 1. The minimum absolute atomic E-state index is 0.0862. The molecular formula is C27H34N6O. The fraction of sp³-hybridized carbons (Fsp3) is 0.481. The van der Waals surface area contributed by atoms with Gasteiger partial charge in [0.05, 0.1) is 11.4 Å². The highest BCUT2D eigenvalue weighted by Gasteiger charge is 2.39. The van der Waals surface area contributed by atoms with Gasteiger partial charge < -0.3 is 9.80 Å². The third kappa shape index (κ3) is 4.02. The lowest BCUT2D eigenvalue weighted by Gasteiger charge is -2.34. The molecule has 0 amide bonds. The summed E-state index contributed by atoms with van der Waals surface area (Å²) in [5.74, 6) is 0.879. The number of aryl methyl sites for hydroxylation is 1. The van der Waals surface area contributed by atoms with Crippen LogP contribution >= 0.6 is 0 Å². The number of hydrogen-bond donors (Lipinski definition) is 0. The largest absolute Gasteiger partial charge is 0.369 e. The molecule has 0 radical (unpaired) electrons. The van der Waals surface area contributed by atoms with Gasteiger partial charge in [-0.1, -0.05) is 32.9 Å². The molecular weight excluding hydrogens is 424 g/mol.